The molecule has 7 nitrogen and oxygen atoms in total. The maximum absolute atomic E-state index is 13.3. The van der Waals surface area contributed by atoms with Crippen LogP contribution in [0.2, 0.25) is 5.02 Å². The number of carbonyl (C=O) groups excluding carboxylic acids is 2. The summed E-state index contributed by atoms with van der Waals surface area (Å²) in [6.07, 6.45) is 4.46. The van der Waals surface area contributed by atoms with Gasteiger partial charge >= 0.3 is 0 Å². The van der Waals surface area contributed by atoms with Crippen molar-refractivity contribution in [3.63, 3.8) is 0 Å². The number of hydrogen-bond donors (Lipinski definition) is 1. The Labute approximate surface area is 180 Å². The standard InChI is InChI=1S/C22H26ClN3O4/c23-15-2-4-16(5-3-15)26-14-22-7-6-17(30-22)18(19(22)21(26)28)20(27)24-8-1-9-25-10-12-29-13-11-25/h2-7,17-19H,1,8-14H2,(H,24,27)/t17-,18-,19+,22-/m1/s1. The number of halogens is 1. The predicted molar refractivity (Wildman–Crippen MR) is 112 cm³/mol. The largest absolute Gasteiger partial charge is 0.379 e. The van der Waals surface area contributed by atoms with Crippen LogP contribution in [0.1, 0.15) is 6.42 Å². The maximum Gasteiger partial charge on any atom is 0.234 e. The summed E-state index contributed by atoms with van der Waals surface area (Å²) in [7, 11) is 0. The fourth-order valence-electron chi connectivity index (χ4n) is 5.09. The van der Waals surface area contributed by atoms with Gasteiger partial charge in [0.15, 0.2) is 0 Å². The number of nitrogens with one attached hydrogen (secondary N) is 1. The second-order valence-corrected chi connectivity index (χ2v) is 8.84. The lowest BCUT2D eigenvalue weighted by Crippen LogP contribution is -2.45. The first-order chi connectivity index (χ1) is 14.6. The predicted octanol–water partition coefficient (Wildman–Crippen LogP) is 1.46. The smallest absolute Gasteiger partial charge is 0.234 e. The van der Waals surface area contributed by atoms with Crippen molar-refractivity contribution < 1.29 is 19.1 Å². The van der Waals surface area contributed by atoms with Gasteiger partial charge in [-0.3, -0.25) is 14.5 Å². The van der Waals surface area contributed by atoms with Crippen LogP contribution in [0.25, 0.3) is 0 Å². The van der Waals surface area contributed by atoms with E-state index in [1.54, 1.807) is 17.0 Å². The molecule has 5 rings (SSSR count). The van der Waals surface area contributed by atoms with E-state index in [1.165, 1.54) is 0 Å². The molecule has 4 aliphatic rings. The number of benzene rings is 1. The van der Waals surface area contributed by atoms with Gasteiger partial charge in [0, 0.05) is 30.3 Å². The molecule has 1 aromatic carbocycles. The fraction of sp³-hybridized carbons (Fsp3) is 0.545. The molecule has 1 N–H and O–H groups in total. The van der Waals surface area contributed by atoms with Gasteiger partial charge in [-0.2, -0.15) is 0 Å². The zero-order valence-electron chi connectivity index (χ0n) is 16.8. The molecular weight excluding hydrogens is 406 g/mol. The van der Waals surface area contributed by atoms with Crippen molar-refractivity contribution in [1.82, 2.24) is 10.2 Å². The van der Waals surface area contributed by atoms with Crippen molar-refractivity contribution in [1.29, 1.82) is 0 Å². The maximum atomic E-state index is 13.3. The Kier molecular flexibility index (Phi) is 5.31. The van der Waals surface area contributed by atoms with Crippen LogP contribution >= 0.6 is 11.6 Å². The molecule has 0 saturated carbocycles. The number of rotatable bonds is 6. The zero-order chi connectivity index (χ0) is 20.7. The number of amides is 2. The highest BCUT2D eigenvalue weighted by molar-refractivity contribution is 6.30. The molecule has 3 saturated heterocycles. The lowest BCUT2D eigenvalue weighted by atomic mass is 9.77. The second-order valence-electron chi connectivity index (χ2n) is 8.40. The van der Waals surface area contributed by atoms with Gasteiger partial charge < -0.3 is 19.7 Å². The van der Waals surface area contributed by atoms with Crippen molar-refractivity contribution >= 4 is 29.1 Å². The zero-order valence-corrected chi connectivity index (χ0v) is 17.5. The van der Waals surface area contributed by atoms with Gasteiger partial charge in [0.2, 0.25) is 11.8 Å². The van der Waals surface area contributed by atoms with Crippen LogP contribution in [0, 0.1) is 11.8 Å². The molecule has 160 valence electrons. The number of morpholine rings is 1. The summed E-state index contributed by atoms with van der Waals surface area (Å²) < 4.78 is 11.5. The van der Waals surface area contributed by atoms with E-state index in [1.807, 2.05) is 24.3 Å². The average molecular weight is 432 g/mol. The normalized spacial score (nSPS) is 32.6. The van der Waals surface area contributed by atoms with Gasteiger partial charge in [-0.15, -0.1) is 0 Å². The van der Waals surface area contributed by atoms with Crippen LogP contribution < -0.4 is 10.2 Å². The van der Waals surface area contributed by atoms with E-state index in [-0.39, 0.29) is 17.9 Å². The summed E-state index contributed by atoms with van der Waals surface area (Å²) in [5, 5.41) is 3.66. The third-order valence-electron chi connectivity index (χ3n) is 6.60. The number of nitrogens with zero attached hydrogens (tertiary/aromatic N) is 2. The summed E-state index contributed by atoms with van der Waals surface area (Å²) in [6, 6.07) is 7.19. The summed E-state index contributed by atoms with van der Waals surface area (Å²) in [4.78, 5) is 30.4. The minimum atomic E-state index is -0.711. The molecule has 4 aliphatic heterocycles. The van der Waals surface area contributed by atoms with Crippen LogP contribution in [0.3, 0.4) is 0 Å². The van der Waals surface area contributed by atoms with Gasteiger partial charge in [0.05, 0.1) is 37.7 Å². The first kappa shape index (κ1) is 20.0. The first-order valence-electron chi connectivity index (χ1n) is 10.6. The molecule has 0 aliphatic carbocycles. The fourth-order valence-corrected chi connectivity index (χ4v) is 5.22. The SMILES string of the molecule is O=C(NCCCN1CCOCC1)[C@H]1[C@H]2C(=O)N(c3ccc(Cl)cc3)C[C@]23C=C[C@H]1O3. The van der Waals surface area contributed by atoms with Crippen molar-refractivity contribution in [2.45, 2.75) is 18.1 Å². The Balaban J connectivity index is 1.23. The Hall–Kier alpha value is -1.93. The first-order valence-corrected chi connectivity index (χ1v) is 11.0. The van der Waals surface area contributed by atoms with Crippen molar-refractivity contribution in [2.75, 3.05) is 50.8 Å². The van der Waals surface area contributed by atoms with Crippen LogP contribution in [-0.2, 0) is 19.1 Å². The van der Waals surface area contributed by atoms with Crippen molar-refractivity contribution in [3.05, 3.63) is 41.4 Å². The number of hydrogen-bond acceptors (Lipinski definition) is 5. The van der Waals surface area contributed by atoms with Gasteiger partial charge in [-0.25, -0.2) is 0 Å². The van der Waals surface area contributed by atoms with E-state index in [0.717, 1.165) is 45.0 Å². The third kappa shape index (κ3) is 3.43. The highest BCUT2D eigenvalue weighted by Crippen LogP contribution is 2.52. The van der Waals surface area contributed by atoms with Crippen LogP contribution in [0.15, 0.2) is 36.4 Å². The van der Waals surface area contributed by atoms with Crippen LogP contribution in [0.5, 0.6) is 0 Å². The average Bonchev–Trinajstić information content (AvgIpc) is 3.41. The highest BCUT2D eigenvalue weighted by Gasteiger charge is 2.67. The number of anilines is 1. The molecular formula is C22H26ClN3O4. The molecule has 3 fully saturated rings. The Bertz CT molecular complexity index is 854. The van der Waals surface area contributed by atoms with E-state index in [2.05, 4.69) is 10.2 Å². The minimum absolute atomic E-state index is 0.0577. The van der Waals surface area contributed by atoms with Crippen LogP contribution in [0.4, 0.5) is 5.69 Å². The molecule has 0 unspecified atom stereocenters. The number of fused-ring (bicyclic) bond motifs is 1. The molecule has 0 aromatic heterocycles. The monoisotopic (exact) mass is 431 g/mol. The molecule has 0 radical (unpaired) electrons. The molecule has 8 heteroatoms. The summed E-state index contributed by atoms with van der Waals surface area (Å²) in [5.74, 6) is -1.12. The van der Waals surface area contributed by atoms with E-state index in [0.29, 0.717) is 18.1 Å². The summed E-state index contributed by atoms with van der Waals surface area (Å²) in [5.41, 5.74) is 0.0651. The molecule has 2 bridgehead atoms. The molecule has 1 spiro atoms. The highest BCUT2D eigenvalue weighted by atomic mass is 35.5. The molecule has 2 amide bonds. The van der Waals surface area contributed by atoms with Gasteiger partial charge in [-0.1, -0.05) is 23.8 Å². The quantitative estimate of drug-likeness (QED) is 0.545. The van der Waals surface area contributed by atoms with E-state index in [9.17, 15) is 9.59 Å². The van der Waals surface area contributed by atoms with E-state index in [4.69, 9.17) is 21.1 Å². The van der Waals surface area contributed by atoms with E-state index < -0.39 is 17.4 Å². The third-order valence-corrected chi connectivity index (χ3v) is 6.85. The van der Waals surface area contributed by atoms with Crippen molar-refractivity contribution in [3.8, 4) is 0 Å². The number of carbonyl (C=O) groups is 2. The lowest BCUT2D eigenvalue weighted by Gasteiger charge is -2.27. The molecule has 1 aromatic rings. The van der Waals surface area contributed by atoms with Gasteiger partial charge in [0.1, 0.15) is 5.60 Å². The van der Waals surface area contributed by atoms with Gasteiger partial charge in [0.25, 0.3) is 0 Å². The molecule has 4 atom stereocenters. The Morgan fingerprint density at radius 2 is 2.00 bits per heavy atom. The van der Waals surface area contributed by atoms with Crippen LogP contribution in [-0.4, -0.2) is 74.4 Å². The second kappa shape index (κ2) is 7.96. The molecule has 30 heavy (non-hydrogen) atoms. The van der Waals surface area contributed by atoms with E-state index >= 15 is 0 Å². The number of ether oxygens (including phenoxy) is 2. The Morgan fingerprint density at radius 1 is 1.23 bits per heavy atom. The summed E-state index contributed by atoms with van der Waals surface area (Å²) in [6.45, 7) is 5.38. The molecule has 4 heterocycles. The topological polar surface area (TPSA) is 71.1 Å². The lowest BCUT2D eigenvalue weighted by molar-refractivity contribution is -0.131. The van der Waals surface area contributed by atoms with Crippen molar-refractivity contribution in [2.24, 2.45) is 11.8 Å². The Morgan fingerprint density at radius 3 is 2.77 bits per heavy atom. The van der Waals surface area contributed by atoms with Gasteiger partial charge in [-0.05, 0) is 37.2 Å². The summed E-state index contributed by atoms with van der Waals surface area (Å²) >= 11 is 5.99. The minimum Gasteiger partial charge on any atom is -0.379 e.